The first-order valence-electron chi connectivity index (χ1n) is 10.3. The smallest absolute Gasteiger partial charge is 0.355 e. The molecular formula is C25H23N3O5. The molecule has 2 heterocycles. The molecule has 33 heavy (non-hydrogen) atoms. The molecular weight excluding hydrogens is 422 g/mol. The van der Waals surface area contributed by atoms with Crippen LogP contribution in [0.25, 0.3) is 22.4 Å². The zero-order chi connectivity index (χ0) is 23.4. The number of carbonyl (C=O) groups excluding carboxylic acids is 2. The van der Waals surface area contributed by atoms with Gasteiger partial charge in [0.1, 0.15) is 11.5 Å². The predicted molar refractivity (Wildman–Crippen MR) is 124 cm³/mol. The van der Waals surface area contributed by atoms with Gasteiger partial charge in [-0.05, 0) is 30.4 Å². The number of aliphatic hydroxyl groups is 1. The molecule has 1 N–H and O–H groups in total. The number of imidazole rings is 1. The Morgan fingerprint density at radius 3 is 2.45 bits per heavy atom. The van der Waals surface area contributed by atoms with Crippen molar-refractivity contribution in [2.45, 2.75) is 6.54 Å². The van der Waals surface area contributed by atoms with Gasteiger partial charge in [-0.2, -0.15) is 0 Å². The highest BCUT2D eigenvalue weighted by Gasteiger charge is 2.28. The topological polar surface area (TPSA) is 93.9 Å². The van der Waals surface area contributed by atoms with E-state index >= 15 is 0 Å². The number of fused-ring (bicyclic) bond motifs is 1. The molecule has 0 amide bonds. The van der Waals surface area contributed by atoms with Crippen LogP contribution in [0.5, 0.6) is 0 Å². The molecule has 0 unspecified atom stereocenters. The summed E-state index contributed by atoms with van der Waals surface area (Å²) in [4.78, 5) is 31.4. The van der Waals surface area contributed by atoms with Gasteiger partial charge >= 0.3 is 11.9 Å². The molecule has 1 aliphatic rings. The van der Waals surface area contributed by atoms with Gasteiger partial charge < -0.3 is 24.0 Å². The van der Waals surface area contributed by atoms with Crippen LogP contribution in [-0.2, 0) is 25.6 Å². The summed E-state index contributed by atoms with van der Waals surface area (Å²) >= 11 is 0. The number of benzene rings is 2. The third-order valence-corrected chi connectivity index (χ3v) is 5.25. The summed E-state index contributed by atoms with van der Waals surface area (Å²) in [5.41, 5.74) is 3.15. The molecule has 0 radical (unpaired) electrons. The van der Waals surface area contributed by atoms with Gasteiger partial charge in [0.25, 0.3) is 0 Å². The Balaban J connectivity index is 1.88. The summed E-state index contributed by atoms with van der Waals surface area (Å²) in [6, 6.07) is 15.2. The Morgan fingerprint density at radius 1 is 1.00 bits per heavy atom. The molecule has 4 rings (SSSR count). The predicted octanol–water partition coefficient (Wildman–Crippen LogP) is 3.19. The van der Waals surface area contributed by atoms with Gasteiger partial charge in [-0.3, -0.25) is 0 Å². The van der Waals surface area contributed by atoms with Crippen molar-refractivity contribution in [3.8, 4) is 11.4 Å². The third kappa shape index (κ3) is 4.16. The Kier molecular flexibility index (Phi) is 6.37. The number of carbonyl (C=O) groups is 2. The van der Waals surface area contributed by atoms with E-state index < -0.39 is 11.9 Å². The minimum absolute atomic E-state index is 0.0340. The molecule has 0 fully saturated rings. The standard InChI is InChI=1S/C25H23N3O5/c1-32-24(30)19-10-6-7-13-27(22(19)25(31)33-2)18-11-12-21-20(16-18)26-23(28(21)14-15-29)17-8-4-3-5-9-17/h3-13,16,29H,14-15H2,1-2H3. The van der Waals surface area contributed by atoms with E-state index in [1.807, 2.05) is 53.1 Å². The number of anilines is 1. The van der Waals surface area contributed by atoms with Crippen LogP contribution >= 0.6 is 0 Å². The van der Waals surface area contributed by atoms with Crippen LogP contribution in [0.1, 0.15) is 0 Å². The van der Waals surface area contributed by atoms with Crippen LogP contribution in [0.2, 0.25) is 0 Å². The highest BCUT2D eigenvalue weighted by atomic mass is 16.5. The van der Waals surface area contributed by atoms with E-state index in [9.17, 15) is 14.7 Å². The van der Waals surface area contributed by atoms with E-state index in [0.717, 1.165) is 16.9 Å². The summed E-state index contributed by atoms with van der Waals surface area (Å²) in [6.45, 7) is 0.346. The Morgan fingerprint density at radius 2 is 1.76 bits per heavy atom. The van der Waals surface area contributed by atoms with Crippen LogP contribution in [0.3, 0.4) is 0 Å². The molecule has 0 bridgehead atoms. The number of aromatic nitrogens is 2. The van der Waals surface area contributed by atoms with Gasteiger partial charge in [-0.1, -0.05) is 36.4 Å². The second-order valence-corrected chi connectivity index (χ2v) is 7.17. The zero-order valence-corrected chi connectivity index (χ0v) is 18.3. The first kappa shape index (κ1) is 22.0. The number of rotatable bonds is 6. The lowest BCUT2D eigenvalue weighted by atomic mass is 10.1. The molecule has 8 heteroatoms. The maximum absolute atomic E-state index is 12.7. The van der Waals surface area contributed by atoms with E-state index in [0.29, 0.717) is 17.7 Å². The lowest BCUT2D eigenvalue weighted by Crippen LogP contribution is -2.26. The van der Waals surface area contributed by atoms with Gasteiger partial charge in [-0.25, -0.2) is 14.6 Å². The summed E-state index contributed by atoms with van der Waals surface area (Å²) in [6.07, 6.45) is 6.54. The Labute approximate surface area is 190 Å². The molecule has 168 valence electrons. The fraction of sp³-hybridized carbons (Fsp3) is 0.160. The number of methoxy groups -OCH3 is 2. The first-order chi connectivity index (χ1) is 16.1. The molecule has 3 aromatic rings. The molecule has 8 nitrogen and oxygen atoms in total. The number of nitrogens with zero attached hydrogens (tertiary/aromatic N) is 3. The van der Waals surface area contributed by atoms with Crippen molar-refractivity contribution >= 4 is 28.7 Å². The lowest BCUT2D eigenvalue weighted by molar-refractivity contribution is -0.139. The third-order valence-electron chi connectivity index (χ3n) is 5.25. The van der Waals surface area contributed by atoms with Crippen LogP contribution < -0.4 is 4.90 Å². The summed E-state index contributed by atoms with van der Waals surface area (Å²) in [5.74, 6) is -0.605. The minimum atomic E-state index is -0.678. The molecule has 0 saturated carbocycles. The average Bonchev–Trinajstić information content (AvgIpc) is 3.06. The normalized spacial score (nSPS) is 13.4. The summed E-state index contributed by atoms with van der Waals surface area (Å²) in [5, 5.41) is 9.61. The van der Waals surface area contributed by atoms with Crippen molar-refractivity contribution in [3.63, 3.8) is 0 Å². The Hall–Kier alpha value is -4.17. The van der Waals surface area contributed by atoms with Gasteiger partial charge in [-0.15, -0.1) is 0 Å². The minimum Gasteiger partial charge on any atom is -0.465 e. The monoisotopic (exact) mass is 445 g/mol. The number of hydrogen-bond donors (Lipinski definition) is 1. The largest absolute Gasteiger partial charge is 0.465 e. The number of allylic oxidation sites excluding steroid dienone is 2. The number of esters is 2. The van der Waals surface area contributed by atoms with E-state index in [1.165, 1.54) is 20.3 Å². The molecule has 1 aromatic heterocycles. The van der Waals surface area contributed by atoms with Crippen molar-refractivity contribution in [1.29, 1.82) is 0 Å². The lowest BCUT2D eigenvalue weighted by Gasteiger charge is -2.23. The highest BCUT2D eigenvalue weighted by Crippen LogP contribution is 2.31. The van der Waals surface area contributed by atoms with Gasteiger partial charge in [0.05, 0.1) is 37.4 Å². The van der Waals surface area contributed by atoms with Crippen LogP contribution in [0, 0.1) is 0 Å². The summed E-state index contributed by atoms with van der Waals surface area (Å²) < 4.78 is 11.8. The fourth-order valence-corrected chi connectivity index (χ4v) is 3.77. The summed E-state index contributed by atoms with van der Waals surface area (Å²) in [7, 11) is 2.51. The van der Waals surface area contributed by atoms with Crippen LogP contribution in [0.15, 0.2) is 84.2 Å². The molecule has 0 spiro atoms. The Bertz CT molecular complexity index is 1290. The fourth-order valence-electron chi connectivity index (χ4n) is 3.77. The average molecular weight is 445 g/mol. The van der Waals surface area contributed by atoms with Crippen molar-refractivity contribution in [2.75, 3.05) is 25.7 Å². The van der Waals surface area contributed by atoms with Gasteiger partial charge in [0.2, 0.25) is 0 Å². The van der Waals surface area contributed by atoms with Gasteiger partial charge in [0, 0.05) is 24.0 Å². The molecule has 0 saturated heterocycles. The van der Waals surface area contributed by atoms with Crippen molar-refractivity contribution < 1.29 is 24.2 Å². The van der Waals surface area contributed by atoms with Gasteiger partial charge in [0.15, 0.2) is 0 Å². The van der Waals surface area contributed by atoms with E-state index in [2.05, 4.69) is 0 Å². The second kappa shape index (κ2) is 9.54. The van der Waals surface area contributed by atoms with Crippen LogP contribution in [-0.4, -0.2) is 47.4 Å². The molecule has 0 aliphatic carbocycles. The van der Waals surface area contributed by atoms with E-state index in [1.54, 1.807) is 23.3 Å². The first-order valence-corrected chi connectivity index (χ1v) is 10.3. The van der Waals surface area contributed by atoms with Crippen molar-refractivity contribution in [3.05, 3.63) is 84.2 Å². The molecule has 2 aromatic carbocycles. The maximum atomic E-state index is 12.7. The van der Waals surface area contributed by atoms with Crippen LogP contribution in [0.4, 0.5) is 5.69 Å². The maximum Gasteiger partial charge on any atom is 0.355 e. The van der Waals surface area contributed by atoms with Crippen molar-refractivity contribution in [2.24, 2.45) is 0 Å². The van der Waals surface area contributed by atoms with Crippen molar-refractivity contribution in [1.82, 2.24) is 9.55 Å². The number of ether oxygens (including phenoxy) is 2. The number of aliphatic hydroxyl groups excluding tert-OH is 1. The molecule has 0 atom stereocenters. The highest BCUT2D eigenvalue weighted by molar-refractivity contribution is 6.05. The van der Waals surface area contributed by atoms with E-state index in [4.69, 9.17) is 14.5 Å². The molecule has 1 aliphatic heterocycles. The SMILES string of the molecule is COC(=O)C1=C(C(=O)OC)N(c2ccc3c(c2)nc(-c2ccccc2)n3CCO)C=CC=C1. The van der Waals surface area contributed by atoms with E-state index in [-0.39, 0.29) is 17.9 Å². The second-order valence-electron chi connectivity index (χ2n) is 7.17. The zero-order valence-electron chi connectivity index (χ0n) is 18.3. The quantitative estimate of drug-likeness (QED) is 0.583. The number of hydrogen-bond acceptors (Lipinski definition) is 7.